The summed E-state index contributed by atoms with van der Waals surface area (Å²) in [6.07, 6.45) is 0. The van der Waals surface area contributed by atoms with Crippen molar-refractivity contribution in [3.8, 4) is 5.75 Å². The van der Waals surface area contributed by atoms with E-state index in [1.807, 2.05) is 36.4 Å². The Morgan fingerprint density at radius 1 is 1.12 bits per heavy atom. The normalized spacial score (nSPS) is 10.8. The molecule has 0 unspecified atom stereocenters. The summed E-state index contributed by atoms with van der Waals surface area (Å²) in [6.45, 7) is 1.10. The van der Waals surface area contributed by atoms with E-state index in [2.05, 4.69) is 4.98 Å². The molecule has 0 saturated heterocycles. The van der Waals surface area contributed by atoms with Crippen LogP contribution in [0.5, 0.6) is 5.75 Å². The summed E-state index contributed by atoms with van der Waals surface area (Å²) in [4.78, 5) is 19.1. The van der Waals surface area contributed by atoms with E-state index in [-0.39, 0.29) is 12.5 Å². The molecule has 0 saturated carbocycles. The van der Waals surface area contributed by atoms with Gasteiger partial charge in [0, 0.05) is 13.7 Å². The van der Waals surface area contributed by atoms with Gasteiger partial charge < -0.3 is 18.8 Å². The molecule has 0 spiro atoms. The molecule has 0 aliphatic rings. The number of rotatable bonds is 7. The number of carbonyl (C=O) groups excluding carboxylic acids is 1. The van der Waals surface area contributed by atoms with Gasteiger partial charge in [0.15, 0.2) is 5.58 Å². The minimum absolute atomic E-state index is 0.156. The molecule has 6 heteroatoms. The highest BCUT2D eigenvalue weighted by molar-refractivity contribution is 5.96. The lowest BCUT2D eigenvalue weighted by molar-refractivity contribution is 0.0660. The minimum Gasteiger partial charge on any atom is -0.496 e. The highest BCUT2D eigenvalue weighted by atomic mass is 16.5. The molecule has 0 atom stereocenters. The lowest BCUT2D eigenvalue weighted by Gasteiger charge is -2.21. The third-order valence-corrected chi connectivity index (χ3v) is 3.85. The van der Waals surface area contributed by atoms with Gasteiger partial charge in [-0.25, -0.2) is 4.98 Å². The fourth-order valence-electron chi connectivity index (χ4n) is 2.60. The van der Waals surface area contributed by atoms with E-state index in [1.165, 1.54) is 0 Å². The Labute approximate surface area is 146 Å². The number of methoxy groups -OCH3 is 2. The first-order valence-corrected chi connectivity index (χ1v) is 7.98. The van der Waals surface area contributed by atoms with Crippen LogP contribution in [-0.2, 0) is 11.3 Å². The molecule has 0 aliphatic carbocycles. The van der Waals surface area contributed by atoms with Crippen LogP contribution in [-0.4, -0.2) is 43.2 Å². The zero-order chi connectivity index (χ0) is 17.6. The summed E-state index contributed by atoms with van der Waals surface area (Å²) < 4.78 is 16.2. The summed E-state index contributed by atoms with van der Waals surface area (Å²) in [6, 6.07) is 14.7. The van der Waals surface area contributed by atoms with Gasteiger partial charge in [0.25, 0.3) is 5.91 Å². The fourth-order valence-corrected chi connectivity index (χ4v) is 2.60. The van der Waals surface area contributed by atoms with E-state index in [9.17, 15) is 4.79 Å². The lowest BCUT2D eigenvalue weighted by Crippen LogP contribution is -2.33. The van der Waals surface area contributed by atoms with E-state index in [1.54, 1.807) is 31.3 Å². The summed E-state index contributed by atoms with van der Waals surface area (Å²) >= 11 is 0. The van der Waals surface area contributed by atoms with Gasteiger partial charge in [0.05, 0.1) is 25.8 Å². The van der Waals surface area contributed by atoms with Crippen LogP contribution in [0.1, 0.15) is 16.2 Å². The highest BCUT2D eigenvalue weighted by Gasteiger charge is 2.21. The van der Waals surface area contributed by atoms with E-state index in [0.29, 0.717) is 35.9 Å². The monoisotopic (exact) mass is 340 g/mol. The molecule has 0 N–H and O–H groups in total. The maximum atomic E-state index is 13.0. The molecule has 0 aliphatic heterocycles. The average molecular weight is 340 g/mol. The van der Waals surface area contributed by atoms with Crippen molar-refractivity contribution < 1.29 is 18.7 Å². The molecule has 0 radical (unpaired) electrons. The highest BCUT2D eigenvalue weighted by Crippen LogP contribution is 2.21. The van der Waals surface area contributed by atoms with Gasteiger partial charge in [-0.05, 0) is 24.3 Å². The maximum absolute atomic E-state index is 13.0. The lowest BCUT2D eigenvalue weighted by atomic mass is 10.1. The van der Waals surface area contributed by atoms with Gasteiger partial charge in [0.2, 0.25) is 5.89 Å². The fraction of sp³-hybridized carbons (Fsp3) is 0.263. The van der Waals surface area contributed by atoms with Crippen LogP contribution in [0.4, 0.5) is 0 Å². The molecule has 1 aromatic heterocycles. The maximum Gasteiger partial charge on any atom is 0.258 e. The molecule has 1 amide bonds. The van der Waals surface area contributed by atoms with Gasteiger partial charge in [-0.3, -0.25) is 4.79 Å². The van der Waals surface area contributed by atoms with E-state index in [4.69, 9.17) is 13.9 Å². The molecule has 1 heterocycles. The van der Waals surface area contributed by atoms with Crippen molar-refractivity contribution in [2.24, 2.45) is 0 Å². The van der Waals surface area contributed by atoms with Gasteiger partial charge in [0.1, 0.15) is 11.3 Å². The van der Waals surface area contributed by atoms with Crippen LogP contribution in [0.15, 0.2) is 52.9 Å². The summed E-state index contributed by atoms with van der Waals surface area (Å²) in [5.74, 6) is 0.866. The van der Waals surface area contributed by atoms with Crippen molar-refractivity contribution in [3.05, 3.63) is 60.0 Å². The average Bonchev–Trinajstić information content (AvgIpc) is 3.07. The first kappa shape index (κ1) is 17.0. The standard InChI is InChI=1S/C19H20N2O4/c1-23-12-11-21(19(22)14-7-3-5-9-16(14)24-2)13-18-20-15-8-4-6-10-17(15)25-18/h3-10H,11-13H2,1-2H3. The second kappa shape index (κ2) is 7.81. The molecule has 3 rings (SSSR count). The van der Waals surface area contributed by atoms with E-state index < -0.39 is 0 Å². The van der Waals surface area contributed by atoms with Crippen molar-refractivity contribution in [1.29, 1.82) is 0 Å². The number of aromatic nitrogens is 1. The number of hydrogen-bond donors (Lipinski definition) is 0. The summed E-state index contributed by atoms with van der Waals surface area (Å²) in [7, 11) is 3.15. The van der Waals surface area contributed by atoms with Crippen molar-refractivity contribution in [2.75, 3.05) is 27.4 Å². The van der Waals surface area contributed by atoms with Crippen molar-refractivity contribution >= 4 is 17.0 Å². The van der Waals surface area contributed by atoms with E-state index >= 15 is 0 Å². The van der Waals surface area contributed by atoms with Crippen LogP contribution in [0, 0.1) is 0 Å². The molecule has 0 bridgehead atoms. The topological polar surface area (TPSA) is 64.8 Å². The summed E-state index contributed by atoms with van der Waals surface area (Å²) in [5.41, 5.74) is 1.97. The zero-order valence-corrected chi connectivity index (χ0v) is 14.3. The number of para-hydroxylation sites is 3. The number of nitrogens with zero attached hydrogens (tertiary/aromatic N) is 2. The number of benzene rings is 2. The molecule has 6 nitrogen and oxygen atoms in total. The largest absolute Gasteiger partial charge is 0.496 e. The van der Waals surface area contributed by atoms with Crippen LogP contribution >= 0.6 is 0 Å². The Morgan fingerprint density at radius 2 is 1.88 bits per heavy atom. The smallest absolute Gasteiger partial charge is 0.258 e. The first-order valence-electron chi connectivity index (χ1n) is 7.98. The van der Waals surface area contributed by atoms with Crippen molar-refractivity contribution in [3.63, 3.8) is 0 Å². The zero-order valence-electron chi connectivity index (χ0n) is 14.3. The van der Waals surface area contributed by atoms with Crippen LogP contribution < -0.4 is 4.74 Å². The Balaban J connectivity index is 1.87. The number of carbonyl (C=O) groups is 1. The molecular formula is C19H20N2O4. The number of amides is 1. The quantitative estimate of drug-likeness (QED) is 0.661. The third-order valence-electron chi connectivity index (χ3n) is 3.85. The predicted molar refractivity (Wildman–Crippen MR) is 93.6 cm³/mol. The van der Waals surface area contributed by atoms with Crippen LogP contribution in [0.25, 0.3) is 11.1 Å². The van der Waals surface area contributed by atoms with Gasteiger partial charge in [-0.2, -0.15) is 0 Å². The van der Waals surface area contributed by atoms with Crippen molar-refractivity contribution in [1.82, 2.24) is 9.88 Å². The number of ether oxygens (including phenoxy) is 2. The second-order valence-corrected chi connectivity index (χ2v) is 5.50. The number of hydrogen-bond acceptors (Lipinski definition) is 5. The SMILES string of the molecule is COCCN(Cc1nc2ccccc2o1)C(=O)c1ccccc1OC. The van der Waals surface area contributed by atoms with Crippen LogP contribution in [0.3, 0.4) is 0 Å². The molecule has 0 fully saturated rings. The van der Waals surface area contributed by atoms with Gasteiger partial charge in [-0.15, -0.1) is 0 Å². The molecule has 130 valence electrons. The third kappa shape index (κ3) is 3.80. The summed E-state index contributed by atoms with van der Waals surface area (Å²) in [5, 5.41) is 0. The Kier molecular flexibility index (Phi) is 5.30. The second-order valence-electron chi connectivity index (χ2n) is 5.50. The molecule has 2 aromatic carbocycles. The number of fused-ring (bicyclic) bond motifs is 1. The minimum atomic E-state index is -0.156. The van der Waals surface area contributed by atoms with Crippen molar-refractivity contribution in [2.45, 2.75) is 6.54 Å². The Hall–Kier alpha value is -2.86. The van der Waals surface area contributed by atoms with E-state index in [0.717, 1.165) is 5.52 Å². The van der Waals surface area contributed by atoms with Gasteiger partial charge in [-0.1, -0.05) is 24.3 Å². The van der Waals surface area contributed by atoms with Gasteiger partial charge >= 0.3 is 0 Å². The van der Waals surface area contributed by atoms with Crippen LogP contribution in [0.2, 0.25) is 0 Å². The molecule has 3 aromatic rings. The Morgan fingerprint density at radius 3 is 2.64 bits per heavy atom. The first-order chi connectivity index (χ1) is 12.2. The molecule has 25 heavy (non-hydrogen) atoms. The predicted octanol–water partition coefficient (Wildman–Crippen LogP) is 3.13. The molecular weight excluding hydrogens is 320 g/mol. The Bertz CT molecular complexity index is 826. The number of oxazole rings is 1.